The van der Waals surface area contributed by atoms with E-state index in [2.05, 4.69) is 37.7 Å². The van der Waals surface area contributed by atoms with E-state index in [1.54, 1.807) is 22.6 Å². The first kappa shape index (κ1) is 52.8. The van der Waals surface area contributed by atoms with Gasteiger partial charge in [-0.2, -0.15) is 5.10 Å². The van der Waals surface area contributed by atoms with Crippen molar-refractivity contribution >= 4 is 25.0 Å². The lowest BCUT2D eigenvalue weighted by molar-refractivity contribution is -0.0398. The second-order valence-electron chi connectivity index (χ2n) is 16.1. The highest BCUT2D eigenvalue weighted by atomic mass is 31.2. The Morgan fingerprint density at radius 3 is 2.03 bits per heavy atom. The molecule has 4 heterocycles. The molecule has 3 aliphatic rings. The van der Waals surface area contributed by atoms with Gasteiger partial charge < -0.3 is 72.2 Å². The highest BCUT2D eigenvalue weighted by Crippen LogP contribution is 2.44. The molecule has 0 bridgehead atoms. The van der Waals surface area contributed by atoms with Gasteiger partial charge in [0.05, 0.1) is 142 Å². The second-order valence-corrected chi connectivity index (χ2v) is 17.7. The van der Waals surface area contributed by atoms with Crippen LogP contribution in [0.15, 0.2) is 17.5 Å². The number of aromatic nitrogens is 5. The van der Waals surface area contributed by atoms with Crippen LogP contribution in [0.1, 0.15) is 69.4 Å². The maximum Gasteiger partial charge on any atom is 0.350 e. The van der Waals surface area contributed by atoms with Crippen LogP contribution in [0.3, 0.4) is 0 Å². The molecule has 0 radical (unpaired) electrons. The van der Waals surface area contributed by atoms with Gasteiger partial charge in [0, 0.05) is 32.2 Å². The average molecular weight is 946 g/mol. The van der Waals surface area contributed by atoms with Crippen molar-refractivity contribution in [2.75, 3.05) is 144 Å². The molecule has 2 unspecified atom stereocenters. The lowest BCUT2D eigenvalue weighted by Gasteiger charge is -2.53. The van der Waals surface area contributed by atoms with Crippen molar-refractivity contribution < 1.29 is 66.6 Å². The van der Waals surface area contributed by atoms with Crippen LogP contribution in [0.2, 0.25) is 0 Å². The number of oxime groups is 1. The van der Waals surface area contributed by atoms with E-state index < -0.39 is 13.9 Å². The predicted molar refractivity (Wildman–Crippen MR) is 236 cm³/mol. The van der Waals surface area contributed by atoms with Crippen LogP contribution in [0.25, 0.3) is 0 Å². The third-order valence-corrected chi connectivity index (χ3v) is 11.4. The summed E-state index contributed by atoms with van der Waals surface area (Å²) in [6.45, 7) is 12.8. The molecule has 2 aliphatic heterocycles. The number of rotatable bonds is 36. The van der Waals surface area contributed by atoms with Gasteiger partial charge >= 0.3 is 7.60 Å². The molecule has 1 spiro atoms. The van der Waals surface area contributed by atoms with Crippen LogP contribution in [0, 0.1) is 10.8 Å². The van der Waals surface area contributed by atoms with Gasteiger partial charge in [-0.15, -0.1) is 5.10 Å². The summed E-state index contributed by atoms with van der Waals surface area (Å²) < 4.78 is 70.1. The van der Waals surface area contributed by atoms with Crippen LogP contribution < -0.4 is 5.32 Å². The van der Waals surface area contributed by atoms with E-state index in [4.69, 9.17) is 67.4 Å². The summed E-state index contributed by atoms with van der Waals surface area (Å²) >= 11 is 0. The first-order valence-electron chi connectivity index (χ1n) is 22.7. The number of hydrogen-bond acceptors (Lipinski definition) is 18. The van der Waals surface area contributed by atoms with Crippen molar-refractivity contribution in [1.82, 2.24) is 29.7 Å². The fourth-order valence-corrected chi connectivity index (χ4v) is 7.85. The lowest BCUT2D eigenvalue weighted by Crippen LogP contribution is -2.59. The molecule has 1 saturated carbocycles. The Hall–Kier alpha value is -3.16. The van der Waals surface area contributed by atoms with E-state index in [-0.39, 0.29) is 24.4 Å². The van der Waals surface area contributed by atoms with Crippen LogP contribution in [-0.4, -0.2) is 196 Å². The molecule has 0 amide bonds. The number of nitrogens with zero attached hydrogens (tertiary/aromatic N) is 7. The van der Waals surface area contributed by atoms with E-state index >= 15 is 0 Å². The highest BCUT2D eigenvalue weighted by Gasteiger charge is 2.46. The fraction of sp³-hybridized carbons (Fsp3) is 0.829. The predicted octanol–water partition coefficient (Wildman–Crippen LogP) is 2.66. The first-order valence-corrected chi connectivity index (χ1v) is 24.5. The van der Waals surface area contributed by atoms with Crippen molar-refractivity contribution in [2.45, 2.75) is 77.4 Å². The van der Waals surface area contributed by atoms with Crippen molar-refractivity contribution in [1.29, 1.82) is 5.41 Å². The first-order chi connectivity index (χ1) is 31.7. The number of ether oxygens (including phenoxy) is 10. The van der Waals surface area contributed by atoms with Gasteiger partial charge in [-0.1, -0.05) is 17.3 Å². The summed E-state index contributed by atoms with van der Waals surface area (Å²) in [5, 5.41) is 29.3. The van der Waals surface area contributed by atoms with Crippen molar-refractivity contribution in [3.63, 3.8) is 0 Å². The minimum absolute atomic E-state index is 0.0948. The molecule has 23 nitrogen and oxygen atoms in total. The van der Waals surface area contributed by atoms with Gasteiger partial charge in [0.15, 0.2) is 6.23 Å². The van der Waals surface area contributed by atoms with Gasteiger partial charge in [-0.25, -0.2) is 9.36 Å². The van der Waals surface area contributed by atoms with Crippen LogP contribution >= 0.6 is 7.60 Å². The smallest absolute Gasteiger partial charge is 0.350 e. The average Bonchev–Trinajstić information content (AvgIpc) is 4.06. The van der Waals surface area contributed by atoms with Gasteiger partial charge in [0.25, 0.3) is 0 Å². The molecule has 2 saturated heterocycles. The topological polar surface area (TPSA) is 259 Å². The number of likely N-dealkylation sites (tertiary alicyclic amines) is 1. The van der Waals surface area contributed by atoms with E-state index in [1.165, 1.54) is 0 Å². The zero-order valence-electron chi connectivity index (χ0n) is 38.2. The van der Waals surface area contributed by atoms with Gasteiger partial charge in [-0.3, -0.25) is 9.97 Å². The Morgan fingerprint density at radius 2 is 1.43 bits per heavy atom. The number of nitrogens with one attached hydrogen (secondary N) is 2. The third kappa shape index (κ3) is 19.5. The zero-order chi connectivity index (χ0) is 46.0. The summed E-state index contributed by atoms with van der Waals surface area (Å²) in [5.41, 5.74) is 2.67. The summed E-state index contributed by atoms with van der Waals surface area (Å²) in [6, 6.07) is 0. The van der Waals surface area contributed by atoms with Crippen molar-refractivity contribution in [3.8, 4) is 0 Å². The molecule has 2 aromatic heterocycles. The van der Waals surface area contributed by atoms with Gasteiger partial charge in [0.2, 0.25) is 0 Å². The van der Waals surface area contributed by atoms with E-state index in [9.17, 15) is 4.57 Å². The summed E-state index contributed by atoms with van der Waals surface area (Å²) in [5.74, 6) is 1.12. The molecule has 1 aliphatic carbocycles. The quantitative estimate of drug-likeness (QED) is 0.0252. The van der Waals surface area contributed by atoms with Crippen LogP contribution in [0.5, 0.6) is 0 Å². The maximum atomic E-state index is 11.1. The normalized spacial score (nSPS) is 18.4. The standard InChI is InChI=1S/C41H72N9O14P/c1-3-11-54-13-15-56-17-18-57-16-14-55-12-10-49-28-35(45-47-49)29-61-24-23-59-20-19-58-21-22-60-25-26-63-46-34-6-8-41(9-7-34)31-48(32-41)39(42)37-27-44-50(40(37)43-2)38-5-4-36(64-38)30-62-33-65(51,52)53/h27-28,36,38,42-43H,3-26,29-33H2,1-2H3,(H2,51,52,53). The Balaban J connectivity index is 0.788. The molecular weight excluding hydrogens is 873 g/mol. The monoisotopic (exact) mass is 945 g/mol. The second kappa shape index (κ2) is 29.6. The van der Waals surface area contributed by atoms with E-state index in [1.807, 2.05) is 6.20 Å². The molecule has 2 aromatic rings. The van der Waals surface area contributed by atoms with Gasteiger partial charge in [0.1, 0.15) is 30.3 Å². The Bertz CT molecular complexity index is 1700. The zero-order valence-corrected chi connectivity index (χ0v) is 39.1. The van der Waals surface area contributed by atoms with Crippen molar-refractivity contribution in [3.05, 3.63) is 23.7 Å². The summed E-state index contributed by atoms with van der Waals surface area (Å²) in [4.78, 5) is 25.7. The molecule has 65 heavy (non-hydrogen) atoms. The largest absolute Gasteiger partial charge is 0.393 e. The van der Waals surface area contributed by atoms with Crippen molar-refractivity contribution in [2.24, 2.45) is 10.6 Å². The molecule has 5 rings (SSSR count). The Morgan fingerprint density at radius 1 is 0.846 bits per heavy atom. The molecular formula is C41H72N9O14P. The maximum absolute atomic E-state index is 11.1. The minimum Gasteiger partial charge on any atom is -0.393 e. The van der Waals surface area contributed by atoms with Crippen LogP contribution in [0.4, 0.5) is 5.82 Å². The van der Waals surface area contributed by atoms with E-state index in [0.29, 0.717) is 142 Å². The van der Waals surface area contributed by atoms with Gasteiger partial charge in [-0.05, 0) is 44.9 Å². The Labute approximate surface area is 381 Å². The lowest BCUT2D eigenvalue weighted by atomic mass is 9.68. The highest BCUT2D eigenvalue weighted by molar-refractivity contribution is 7.51. The summed E-state index contributed by atoms with van der Waals surface area (Å²) in [6.07, 6.45) is 8.34. The number of amidine groups is 1. The molecule has 3 fully saturated rings. The third-order valence-electron chi connectivity index (χ3n) is 10.9. The number of anilines is 1. The van der Waals surface area contributed by atoms with Crippen LogP contribution in [-0.2, 0) is 69.9 Å². The van der Waals surface area contributed by atoms with E-state index in [0.717, 1.165) is 63.2 Å². The SMILES string of the molecule is CCCOCCOCCOCCOCCn1cc(COCCOCCOCCOCCON=C2CCC3(CC2)CN(C(=N)c2cnn(C4CCC(COCP(=O)(O)O)O4)c2NC)C3)nn1. The molecule has 0 aromatic carbocycles. The molecule has 370 valence electrons. The fourth-order valence-electron chi connectivity index (χ4n) is 7.51. The molecule has 2 atom stereocenters. The number of hydrogen-bond donors (Lipinski definition) is 4. The molecule has 24 heteroatoms. The minimum atomic E-state index is -4.23. The molecule has 4 N–H and O–H groups in total. The summed E-state index contributed by atoms with van der Waals surface area (Å²) in [7, 11) is -2.43. The Kier molecular flexibility index (Phi) is 24.0.